The second-order valence-corrected chi connectivity index (χ2v) is 3.80. The molecule has 0 radical (unpaired) electrons. The molecule has 18 heavy (non-hydrogen) atoms. The molecule has 6 heteroatoms. The van der Waals surface area contributed by atoms with E-state index in [-0.39, 0.29) is 5.91 Å². The smallest absolute Gasteiger partial charge is 0.250 e. The fourth-order valence-electron chi connectivity index (χ4n) is 1.52. The molecule has 0 atom stereocenters. The Morgan fingerprint density at radius 1 is 1.33 bits per heavy atom. The molecule has 0 heterocycles. The van der Waals surface area contributed by atoms with Crippen LogP contribution in [0.25, 0.3) is 0 Å². The monoisotopic (exact) mass is 250 g/mol. The van der Waals surface area contributed by atoms with E-state index in [0.29, 0.717) is 36.4 Å². The van der Waals surface area contributed by atoms with Gasteiger partial charge >= 0.3 is 0 Å². The average Bonchev–Trinajstić information content (AvgIpc) is 2.31. The lowest BCUT2D eigenvalue weighted by atomic mass is 10.1. The molecule has 0 aliphatic rings. The van der Waals surface area contributed by atoms with Gasteiger partial charge in [0, 0.05) is 30.9 Å². The van der Waals surface area contributed by atoms with Crippen molar-refractivity contribution in [2.24, 2.45) is 5.73 Å². The lowest BCUT2D eigenvalue weighted by Gasteiger charge is -2.10. The van der Waals surface area contributed by atoms with Crippen molar-refractivity contribution in [1.82, 2.24) is 5.32 Å². The highest BCUT2D eigenvalue weighted by atomic mass is 16.1. The molecular formula is C12H18N4O2. The fourth-order valence-corrected chi connectivity index (χ4v) is 1.52. The van der Waals surface area contributed by atoms with Gasteiger partial charge in [-0.2, -0.15) is 0 Å². The van der Waals surface area contributed by atoms with E-state index >= 15 is 0 Å². The van der Waals surface area contributed by atoms with Crippen molar-refractivity contribution in [1.29, 1.82) is 0 Å². The van der Waals surface area contributed by atoms with Crippen molar-refractivity contribution in [3.05, 3.63) is 23.8 Å². The van der Waals surface area contributed by atoms with E-state index in [4.69, 9.17) is 11.5 Å². The van der Waals surface area contributed by atoms with E-state index in [1.54, 1.807) is 12.1 Å². The molecule has 0 aromatic heterocycles. The van der Waals surface area contributed by atoms with Crippen LogP contribution < -0.4 is 22.1 Å². The molecule has 0 fully saturated rings. The quantitative estimate of drug-likeness (QED) is 0.544. The van der Waals surface area contributed by atoms with Crippen LogP contribution in [0.3, 0.4) is 0 Å². The SMILES string of the molecule is CCNC(=O)CCNc1ccc(N)cc1C(N)=O. The first-order valence-electron chi connectivity index (χ1n) is 5.74. The standard InChI is InChI=1S/C12H18N4O2/c1-2-15-11(17)5-6-16-10-4-3-8(13)7-9(10)12(14)18/h3-4,7,16H,2,5-6,13H2,1H3,(H2,14,18)(H,15,17). The zero-order valence-electron chi connectivity index (χ0n) is 10.3. The molecular weight excluding hydrogens is 232 g/mol. The highest BCUT2D eigenvalue weighted by molar-refractivity contribution is 5.99. The molecule has 0 unspecified atom stereocenters. The summed E-state index contributed by atoms with van der Waals surface area (Å²) in [4.78, 5) is 22.5. The Hall–Kier alpha value is -2.24. The Morgan fingerprint density at radius 3 is 2.67 bits per heavy atom. The van der Waals surface area contributed by atoms with Crippen LogP contribution in [0.15, 0.2) is 18.2 Å². The number of nitrogens with two attached hydrogens (primary N) is 2. The van der Waals surface area contributed by atoms with Gasteiger partial charge < -0.3 is 22.1 Å². The van der Waals surface area contributed by atoms with Gasteiger partial charge in [-0.15, -0.1) is 0 Å². The first-order valence-corrected chi connectivity index (χ1v) is 5.74. The second-order valence-electron chi connectivity index (χ2n) is 3.80. The molecule has 6 N–H and O–H groups in total. The van der Waals surface area contributed by atoms with Crippen molar-refractivity contribution in [2.75, 3.05) is 24.1 Å². The van der Waals surface area contributed by atoms with E-state index < -0.39 is 5.91 Å². The second kappa shape index (κ2) is 6.48. The van der Waals surface area contributed by atoms with Crippen LogP contribution in [0.1, 0.15) is 23.7 Å². The number of rotatable bonds is 6. The molecule has 6 nitrogen and oxygen atoms in total. The van der Waals surface area contributed by atoms with Crippen LogP contribution in [0.5, 0.6) is 0 Å². The van der Waals surface area contributed by atoms with E-state index in [0.717, 1.165) is 0 Å². The summed E-state index contributed by atoms with van der Waals surface area (Å²) in [7, 11) is 0. The van der Waals surface area contributed by atoms with Crippen molar-refractivity contribution >= 4 is 23.2 Å². The minimum Gasteiger partial charge on any atom is -0.399 e. The summed E-state index contributed by atoms with van der Waals surface area (Å²) in [5, 5.41) is 5.68. The van der Waals surface area contributed by atoms with E-state index in [2.05, 4.69) is 10.6 Å². The highest BCUT2D eigenvalue weighted by Gasteiger charge is 2.08. The van der Waals surface area contributed by atoms with Gasteiger partial charge in [-0.05, 0) is 25.1 Å². The van der Waals surface area contributed by atoms with Crippen LogP contribution in [0.2, 0.25) is 0 Å². The van der Waals surface area contributed by atoms with Crippen LogP contribution in [0.4, 0.5) is 11.4 Å². The number of carbonyl (C=O) groups excluding carboxylic acids is 2. The third-order valence-electron chi connectivity index (χ3n) is 2.35. The van der Waals surface area contributed by atoms with Gasteiger partial charge in [0.25, 0.3) is 5.91 Å². The molecule has 1 aromatic rings. The number of benzene rings is 1. The molecule has 0 aliphatic carbocycles. The molecule has 1 aromatic carbocycles. The number of anilines is 2. The maximum atomic E-state index is 11.2. The minimum absolute atomic E-state index is 0.0407. The third-order valence-corrected chi connectivity index (χ3v) is 2.35. The van der Waals surface area contributed by atoms with Crippen LogP contribution in [0, 0.1) is 0 Å². The van der Waals surface area contributed by atoms with E-state index in [1.165, 1.54) is 6.07 Å². The Bertz CT molecular complexity index is 446. The molecule has 0 aliphatic heterocycles. The zero-order valence-corrected chi connectivity index (χ0v) is 10.3. The van der Waals surface area contributed by atoms with Gasteiger partial charge in [0.2, 0.25) is 5.91 Å². The summed E-state index contributed by atoms with van der Waals surface area (Å²) in [6.07, 6.45) is 0.330. The lowest BCUT2D eigenvalue weighted by Crippen LogP contribution is -2.25. The van der Waals surface area contributed by atoms with Gasteiger partial charge in [-0.25, -0.2) is 0 Å². The Kier molecular flexibility index (Phi) is 4.98. The summed E-state index contributed by atoms with van der Waals surface area (Å²) in [6.45, 7) is 2.89. The van der Waals surface area contributed by atoms with Gasteiger partial charge in [-0.3, -0.25) is 9.59 Å². The first kappa shape index (κ1) is 13.8. The maximum absolute atomic E-state index is 11.2. The van der Waals surface area contributed by atoms with Crippen LogP contribution in [-0.4, -0.2) is 24.9 Å². The summed E-state index contributed by atoms with van der Waals surface area (Å²) in [5.41, 5.74) is 12.2. The largest absolute Gasteiger partial charge is 0.399 e. The van der Waals surface area contributed by atoms with Crippen molar-refractivity contribution < 1.29 is 9.59 Å². The molecule has 0 saturated heterocycles. The van der Waals surface area contributed by atoms with Crippen LogP contribution >= 0.6 is 0 Å². The topological polar surface area (TPSA) is 110 Å². The third kappa shape index (κ3) is 3.97. The Balaban J connectivity index is 2.62. The summed E-state index contributed by atoms with van der Waals surface area (Å²) in [6, 6.07) is 4.85. The number of nitrogen functional groups attached to an aromatic ring is 1. The Morgan fingerprint density at radius 2 is 2.06 bits per heavy atom. The van der Waals surface area contributed by atoms with Crippen molar-refractivity contribution in [3.8, 4) is 0 Å². The fraction of sp³-hybridized carbons (Fsp3) is 0.333. The minimum atomic E-state index is -0.553. The van der Waals surface area contributed by atoms with Crippen LogP contribution in [-0.2, 0) is 4.79 Å². The normalized spacial score (nSPS) is 9.83. The number of nitrogens with one attached hydrogen (secondary N) is 2. The molecule has 0 saturated carbocycles. The van der Waals surface area contributed by atoms with E-state index in [1.807, 2.05) is 6.92 Å². The molecule has 0 bridgehead atoms. The lowest BCUT2D eigenvalue weighted by molar-refractivity contribution is -0.120. The van der Waals surface area contributed by atoms with Gasteiger partial charge in [0.15, 0.2) is 0 Å². The number of hydrogen-bond acceptors (Lipinski definition) is 4. The average molecular weight is 250 g/mol. The van der Waals surface area contributed by atoms with Gasteiger partial charge in [-0.1, -0.05) is 0 Å². The number of amides is 2. The maximum Gasteiger partial charge on any atom is 0.250 e. The summed E-state index contributed by atoms with van der Waals surface area (Å²) >= 11 is 0. The van der Waals surface area contributed by atoms with Crippen molar-refractivity contribution in [3.63, 3.8) is 0 Å². The zero-order chi connectivity index (χ0) is 13.5. The van der Waals surface area contributed by atoms with Gasteiger partial charge in [0.1, 0.15) is 0 Å². The molecule has 0 spiro atoms. The number of hydrogen-bond donors (Lipinski definition) is 4. The molecule has 98 valence electrons. The van der Waals surface area contributed by atoms with Crippen molar-refractivity contribution in [2.45, 2.75) is 13.3 Å². The predicted octanol–water partition coefficient (Wildman–Crippen LogP) is 0.306. The van der Waals surface area contributed by atoms with Gasteiger partial charge in [0.05, 0.1) is 5.56 Å². The van der Waals surface area contributed by atoms with E-state index in [9.17, 15) is 9.59 Å². The summed E-state index contributed by atoms with van der Waals surface area (Å²) < 4.78 is 0. The Labute approximate surface area is 106 Å². The summed E-state index contributed by atoms with van der Waals surface area (Å²) in [5.74, 6) is -0.594. The molecule has 1 rings (SSSR count). The number of carbonyl (C=O) groups is 2. The molecule has 2 amide bonds. The first-order chi connectivity index (χ1) is 8.54. The number of primary amides is 1. The highest BCUT2D eigenvalue weighted by Crippen LogP contribution is 2.18. The predicted molar refractivity (Wildman–Crippen MR) is 71.2 cm³/mol.